The lowest BCUT2D eigenvalue weighted by Gasteiger charge is -2.01. The van der Waals surface area contributed by atoms with E-state index in [9.17, 15) is 8.42 Å². The van der Waals surface area contributed by atoms with Crippen LogP contribution in [0.1, 0.15) is 5.56 Å². The fraction of sp³-hybridized carbons (Fsp3) is 0.250. The van der Waals surface area contributed by atoms with Crippen molar-refractivity contribution in [2.45, 2.75) is 5.75 Å². The number of hydrogen-bond acceptors (Lipinski definition) is 4. The van der Waals surface area contributed by atoms with Crippen LogP contribution in [0.25, 0.3) is 11.3 Å². The summed E-state index contributed by atoms with van der Waals surface area (Å²) in [7, 11) is -1.22. The van der Waals surface area contributed by atoms with Crippen LogP contribution in [0.5, 0.6) is 0 Å². The van der Waals surface area contributed by atoms with Crippen molar-refractivity contribution in [1.82, 2.24) is 9.78 Å². The average molecular weight is 265 g/mol. The lowest BCUT2D eigenvalue weighted by Crippen LogP contribution is -2.00. The standard InChI is InChI=1S/C12H15N3O2S/c1-15-12(13)7-11(14-15)10-5-3-9(4-6-10)8-18(2,16)17/h3-7H,8,13H2,1-2H3. The maximum atomic E-state index is 11.2. The second-order valence-electron chi connectivity index (χ2n) is 4.35. The first-order valence-electron chi connectivity index (χ1n) is 5.42. The highest BCUT2D eigenvalue weighted by molar-refractivity contribution is 7.89. The molecule has 6 heteroatoms. The van der Waals surface area contributed by atoms with Gasteiger partial charge >= 0.3 is 0 Å². The Bertz CT molecular complexity index is 638. The molecule has 1 aromatic heterocycles. The van der Waals surface area contributed by atoms with Gasteiger partial charge in [0.2, 0.25) is 0 Å². The van der Waals surface area contributed by atoms with Crippen molar-refractivity contribution >= 4 is 15.7 Å². The van der Waals surface area contributed by atoms with Crippen molar-refractivity contribution in [2.24, 2.45) is 7.05 Å². The largest absolute Gasteiger partial charge is 0.384 e. The van der Waals surface area contributed by atoms with Crippen molar-refractivity contribution < 1.29 is 8.42 Å². The minimum atomic E-state index is -3.00. The average Bonchev–Trinajstić information content (AvgIpc) is 2.58. The minimum absolute atomic E-state index is 0.0532. The number of rotatable bonds is 3. The SMILES string of the molecule is Cn1nc(-c2ccc(CS(C)(=O)=O)cc2)cc1N. The van der Waals surface area contributed by atoms with Gasteiger partial charge in [-0.05, 0) is 5.56 Å². The predicted molar refractivity (Wildman–Crippen MR) is 71.6 cm³/mol. The molecule has 0 unspecified atom stereocenters. The molecule has 0 saturated heterocycles. The minimum Gasteiger partial charge on any atom is -0.384 e. The van der Waals surface area contributed by atoms with Gasteiger partial charge in [-0.2, -0.15) is 5.10 Å². The monoisotopic (exact) mass is 265 g/mol. The molecular formula is C12H15N3O2S. The summed E-state index contributed by atoms with van der Waals surface area (Å²) in [6.45, 7) is 0. The van der Waals surface area contributed by atoms with Crippen LogP contribution in [0.3, 0.4) is 0 Å². The first-order valence-corrected chi connectivity index (χ1v) is 7.48. The molecule has 2 rings (SSSR count). The van der Waals surface area contributed by atoms with Gasteiger partial charge in [0.1, 0.15) is 5.82 Å². The molecule has 0 radical (unpaired) electrons. The molecule has 2 N–H and O–H groups in total. The Morgan fingerprint density at radius 3 is 2.33 bits per heavy atom. The van der Waals surface area contributed by atoms with Crippen LogP contribution in [0.4, 0.5) is 5.82 Å². The first kappa shape index (κ1) is 12.6. The van der Waals surface area contributed by atoms with Crippen molar-refractivity contribution in [3.8, 4) is 11.3 Å². The summed E-state index contributed by atoms with van der Waals surface area (Å²) >= 11 is 0. The third kappa shape index (κ3) is 2.89. The van der Waals surface area contributed by atoms with Gasteiger partial charge in [-0.3, -0.25) is 4.68 Å². The van der Waals surface area contributed by atoms with Gasteiger partial charge in [-0.15, -0.1) is 0 Å². The molecular weight excluding hydrogens is 250 g/mol. The van der Waals surface area contributed by atoms with E-state index in [1.54, 1.807) is 29.9 Å². The van der Waals surface area contributed by atoms with E-state index in [2.05, 4.69) is 5.10 Å². The summed E-state index contributed by atoms with van der Waals surface area (Å²) in [5.41, 5.74) is 8.18. The Balaban J connectivity index is 2.27. The van der Waals surface area contributed by atoms with E-state index in [1.807, 2.05) is 12.1 Å². The van der Waals surface area contributed by atoms with E-state index in [0.717, 1.165) is 16.8 Å². The smallest absolute Gasteiger partial charge is 0.151 e. The highest BCUT2D eigenvalue weighted by Gasteiger charge is 2.07. The molecule has 2 aromatic rings. The maximum Gasteiger partial charge on any atom is 0.151 e. The number of aromatic nitrogens is 2. The fourth-order valence-corrected chi connectivity index (χ4v) is 2.50. The van der Waals surface area contributed by atoms with Gasteiger partial charge in [0.05, 0.1) is 11.4 Å². The van der Waals surface area contributed by atoms with Crippen LogP contribution >= 0.6 is 0 Å². The highest BCUT2D eigenvalue weighted by Crippen LogP contribution is 2.20. The molecule has 0 saturated carbocycles. The molecule has 5 nitrogen and oxygen atoms in total. The predicted octanol–water partition coefficient (Wildman–Crippen LogP) is 1.21. The number of hydrogen-bond donors (Lipinski definition) is 1. The Morgan fingerprint density at radius 2 is 1.89 bits per heavy atom. The van der Waals surface area contributed by atoms with Crippen LogP contribution in [0.15, 0.2) is 30.3 Å². The summed E-state index contributed by atoms with van der Waals surface area (Å²) in [4.78, 5) is 0. The zero-order valence-electron chi connectivity index (χ0n) is 10.3. The van der Waals surface area contributed by atoms with Gasteiger partial charge in [0, 0.05) is 24.9 Å². The lowest BCUT2D eigenvalue weighted by molar-refractivity contribution is 0.601. The third-order valence-electron chi connectivity index (χ3n) is 2.59. The number of nitrogen functional groups attached to an aromatic ring is 1. The Morgan fingerprint density at radius 1 is 1.28 bits per heavy atom. The molecule has 1 heterocycles. The topological polar surface area (TPSA) is 78.0 Å². The van der Waals surface area contributed by atoms with E-state index in [-0.39, 0.29) is 5.75 Å². The molecule has 0 atom stereocenters. The molecule has 18 heavy (non-hydrogen) atoms. The first-order chi connectivity index (χ1) is 8.35. The summed E-state index contributed by atoms with van der Waals surface area (Å²) in [6, 6.07) is 9.07. The van der Waals surface area contributed by atoms with Gasteiger partial charge < -0.3 is 5.73 Å². The maximum absolute atomic E-state index is 11.2. The summed E-state index contributed by atoms with van der Waals surface area (Å²) in [5, 5.41) is 4.26. The zero-order chi connectivity index (χ0) is 13.3. The lowest BCUT2D eigenvalue weighted by atomic mass is 10.1. The molecule has 0 amide bonds. The van der Waals surface area contributed by atoms with Crippen molar-refractivity contribution in [1.29, 1.82) is 0 Å². The highest BCUT2D eigenvalue weighted by atomic mass is 32.2. The molecule has 0 spiro atoms. The Hall–Kier alpha value is -1.82. The van der Waals surface area contributed by atoms with Crippen molar-refractivity contribution in [3.05, 3.63) is 35.9 Å². The van der Waals surface area contributed by atoms with Crippen LogP contribution in [-0.2, 0) is 22.6 Å². The van der Waals surface area contributed by atoms with Gasteiger partial charge in [-0.1, -0.05) is 24.3 Å². The molecule has 96 valence electrons. The molecule has 0 fully saturated rings. The number of nitrogens with zero attached hydrogens (tertiary/aromatic N) is 2. The molecule has 0 aliphatic carbocycles. The van der Waals surface area contributed by atoms with E-state index in [4.69, 9.17) is 5.73 Å². The van der Waals surface area contributed by atoms with Crippen LogP contribution in [-0.4, -0.2) is 24.5 Å². The number of nitrogens with two attached hydrogens (primary N) is 1. The van der Waals surface area contributed by atoms with Crippen LogP contribution in [0.2, 0.25) is 0 Å². The third-order valence-corrected chi connectivity index (χ3v) is 3.45. The van der Waals surface area contributed by atoms with E-state index < -0.39 is 9.84 Å². The second kappa shape index (κ2) is 4.45. The quantitative estimate of drug-likeness (QED) is 0.905. The molecule has 0 aliphatic rings. The van der Waals surface area contributed by atoms with Crippen molar-refractivity contribution in [2.75, 3.05) is 12.0 Å². The molecule has 1 aromatic carbocycles. The van der Waals surface area contributed by atoms with Gasteiger partial charge in [0.15, 0.2) is 9.84 Å². The number of sulfone groups is 1. The molecule has 0 aliphatic heterocycles. The van der Waals surface area contributed by atoms with E-state index in [0.29, 0.717) is 5.82 Å². The van der Waals surface area contributed by atoms with E-state index >= 15 is 0 Å². The van der Waals surface area contributed by atoms with Crippen LogP contribution < -0.4 is 5.73 Å². The van der Waals surface area contributed by atoms with E-state index in [1.165, 1.54) is 6.26 Å². The number of aryl methyl sites for hydroxylation is 1. The number of anilines is 1. The van der Waals surface area contributed by atoms with Gasteiger partial charge in [0.25, 0.3) is 0 Å². The van der Waals surface area contributed by atoms with Crippen LogP contribution in [0, 0.1) is 0 Å². The zero-order valence-corrected chi connectivity index (χ0v) is 11.1. The Kier molecular flexibility index (Phi) is 3.13. The second-order valence-corrected chi connectivity index (χ2v) is 6.49. The fourth-order valence-electron chi connectivity index (χ4n) is 1.70. The summed E-state index contributed by atoms with van der Waals surface area (Å²) in [6.07, 6.45) is 1.22. The van der Waals surface area contributed by atoms with Gasteiger partial charge in [-0.25, -0.2) is 8.42 Å². The molecule has 0 bridgehead atoms. The normalized spacial score (nSPS) is 11.7. The summed E-state index contributed by atoms with van der Waals surface area (Å²) < 4.78 is 23.9. The Labute approximate surface area is 106 Å². The van der Waals surface area contributed by atoms with Crippen molar-refractivity contribution in [3.63, 3.8) is 0 Å². The summed E-state index contributed by atoms with van der Waals surface area (Å²) in [5.74, 6) is 0.641. The number of benzene rings is 1.